The standard InChI is InChI=1S/C22H19N5O5/c1-3-31-17-10-12(7-8-16(17)30-2)18-15(11-23)21(24)32-22-19(18)20(25-26-22)13-5-4-6-14(9-13)27(28)29/h4-10,18H,3,24H2,1-2H3,(H,25,26). The Morgan fingerprint density at radius 3 is 2.81 bits per heavy atom. The van der Waals surface area contributed by atoms with Crippen molar-refractivity contribution in [1.82, 2.24) is 10.2 Å². The molecule has 1 aliphatic rings. The Kier molecular flexibility index (Phi) is 5.39. The average molecular weight is 433 g/mol. The van der Waals surface area contributed by atoms with Crippen LogP contribution in [0.25, 0.3) is 11.3 Å². The number of benzene rings is 2. The topological polar surface area (TPSA) is 149 Å². The number of hydrogen-bond donors (Lipinski definition) is 2. The monoisotopic (exact) mass is 433 g/mol. The van der Waals surface area contributed by atoms with Crippen LogP contribution < -0.4 is 19.9 Å². The predicted octanol–water partition coefficient (Wildman–Crippen LogP) is 3.61. The third kappa shape index (κ3) is 3.45. The number of nitrogens with one attached hydrogen (secondary N) is 1. The van der Waals surface area contributed by atoms with Crippen LogP contribution in [0, 0.1) is 21.4 Å². The molecule has 0 fully saturated rings. The molecule has 0 radical (unpaired) electrons. The van der Waals surface area contributed by atoms with Gasteiger partial charge in [0.15, 0.2) is 11.5 Å². The molecule has 3 N–H and O–H groups in total. The van der Waals surface area contributed by atoms with E-state index in [0.29, 0.717) is 40.5 Å². The molecule has 0 bridgehead atoms. The molecule has 1 unspecified atom stereocenters. The second-order valence-electron chi connectivity index (χ2n) is 6.89. The molecule has 4 rings (SSSR count). The number of aromatic amines is 1. The minimum absolute atomic E-state index is 0.0594. The first-order valence-electron chi connectivity index (χ1n) is 9.69. The molecule has 3 aromatic rings. The van der Waals surface area contributed by atoms with Crippen molar-refractivity contribution in [3.05, 3.63) is 75.2 Å². The highest BCUT2D eigenvalue weighted by molar-refractivity contribution is 5.72. The smallest absolute Gasteiger partial charge is 0.270 e. The molecule has 0 spiro atoms. The summed E-state index contributed by atoms with van der Waals surface area (Å²) in [4.78, 5) is 10.8. The number of nitro benzene ring substituents is 1. The molecule has 2 aromatic carbocycles. The second kappa shape index (κ2) is 8.31. The number of ether oxygens (including phenoxy) is 3. The summed E-state index contributed by atoms with van der Waals surface area (Å²) in [5.74, 6) is 0.556. The molecule has 162 valence electrons. The summed E-state index contributed by atoms with van der Waals surface area (Å²) in [6.45, 7) is 2.28. The maximum atomic E-state index is 11.3. The number of nitrogens with zero attached hydrogens (tertiary/aromatic N) is 3. The van der Waals surface area contributed by atoms with Crippen LogP contribution in [0.15, 0.2) is 53.9 Å². The third-order valence-electron chi connectivity index (χ3n) is 5.11. The minimum Gasteiger partial charge on any atom is -0.493 e. The number of non-ortho nitro benzene ring substituents is 1. The highest BCUT2D eigenvalue weighted by atomic mass is 16.6. The first-order chi connectivity index (χ1) is 15.5. The van der Waals surface area contributed by atoms with Crippen LogP contribution in [0.5, 0.6) is 17.4 Å². The number of aromatic nitrogens is 2. The predicted molar refractivity (Wildman–Crippen MR) is 114 cm³/mol. The van der Waals surface area contributed by atoms with E-state index in [4.69, 9.17) is 19.9 Å². The van der Waals surface area contributed by atoms with Gasteiger partial charge in [-0.2, -0.15) is 5.26 Å². The Morgan fingerprint density at radius 2 is 2.12 bits per heavy atom. The van der Waals surface area contributed by atoms with Crippen LogP contribution >= 0.6 is 0 Å². The van der Waals surface area contributed by atoms with Gasteiger partial charge in [-0.05, 0) is 24.6 Å². The van der Waals surface area contributed by atoms with Crippen molar-refractivity contribution < 1.29 is 19.1 Å². The van der Waals surface area contributed by atoms with E-state index in [0.717, 1.165) is 0 Å². The van der Waals surface area contributed by atoms with E-state index in [1.807, 2.05) is 6.92 Å². The molecule has 2 heterocycles. The van der Waals surface area contributed by atoms with Gasteiger partial charge < -0.3 is 19.9 Å². The number of rotatable bonds is 6. The Balaban J connectivity index is 1.92. The summed E-state index contributed by atoms with van der Waals surface area (Å²) < 4.78 is 16.7. The van der Waals surface area contributed by atoms with Gasteiger partial charge >= 0.3 is 0 Å². The maximum absolute atomic E-state index is 11.3. The Hall–Kier alpha value is -4.52. The number of nitrogens with two attached hydrogens (primary N) is 1. The highest BCUT2D eigenvalue weighted by Gasteiger charge is 2.36. The second-order valence-corrected chi connectivity index (χ2v) is 6.89. The van der Waals surface area contributed by atoms with E-state index < -0.39 is 10.8 Å². The summed E-state index contributed by atoms with van der Waals surface area (Å²) >= 11 is 0. The van der Waals surface area contributed by atoms with Crippen LogP contribution in [0.1, 0.15) is 24.0 Å². The first kappa shape index (κ1) is 20.7. The molecule has 10 heteroatoms. The van der Waals surface area contributed by atoms with E-state index in [1.54, 1.807) is 37.4 Å². The number of methoxy groups -OCH3 is 1. The lowest BCUT2D eigenvalue weighted by molar-refractivity contribution is -0.384. The fraction of sp³-hybridized carbons (Fsp3) is 0.182. The summed E-state index contributed by atoms with van der Waals surface area (Å²) in [5.41, 5.74) is 8.41. The van der Waals surface area contributed by atoms with Crippen LogP contribution in [-0.4, -0.2) is 28.8 Å². The van der Waals surface area contributed by atoms with Gasteiger partial charge in [0.1, 0.15) is 11.6 Å². The molecule has 1 aliphatic heterocycles. The fourth-order valence-electron chi connectivity index (χ4n) is 3.71. The van der Waals surface area contributed by atoms with Crippen molar-refractivity contribution >= 4 is 5.69 Å². The number of nitriles is 1. The summed E-state index contributed by atoms with van der Waals surface area (Å²) in [6.07, 6.45) is 0. The van der Waals surface area contributed by atoms with E-state index in [1.165, 1.54) is 12.1 Å². The van der Waals surface area contributed by atoms with Crippen molar-refractivity contribution in [3.63, 3.8) is 0 Å². The van der Waals surface area contributed by atoms with E-state index >= 15 is 0 Å². The molecule has 10 nitrogen and oxygen atoms in total. The van der Waals surface area contributed by atoms with Gasteiger partial charge in [-0.25, -0.2) is 0 Å². The van der Waals surface area contributed by atoms with Crippen LogP contribution in [0.3, 0.4) is 0 Å². The Bertz CT molecular complexity index is 1270. The summed E-state index contributed by atoms with van der Waals surface area (Å²) in [6, 6.07) is 13.6. The molecule has 1 aromatic heterocycles. The van der Waals surface area contributed by atoms with Gasteiger partial charge in [-0.1, -0.05) is 18.2 Å². The zero-order valence-corrected chi connectivity index (χ0v) is 17.3. The largest absolute Gasteiger partial charge is 0.493 e. The van der Waals surface area contributed by atoms with Crippen LogP contribution in [0.2, 0.25) is 0 Å². The maximum Gasteiger partial charge on any atom is 0.270 e. The number of nitro groups is 1. The zero-order valence-electron chi connectivity index (χ0n) is 17.3. The van der Waals surface area contributed by atoms with E-state index in [-0.39, 0.29) is 23.0 Å². The SMILES string of the molecule is CCOc1cc(C2C(C#N)=C(N)Oc3n[nH]c(-c4cccc([N+](=O)[O-])c4)c32)ccc1OC. The number of fused-ring (bicyclic) bond motifs is 1. The van der Waals surface area contributed by atoms with E-state index in [2.05, 4.69) is 16.3 Å². The molecule has 1 atom stereocenters. The zero-order chi connectivity index (χ0) is 22.8. The molecule has 0 amide bonds. The lowest BCUT2D eigenvalue weighted by atomic mass is 9.83. The van der Waals surface area contributed by atoms with Crippen LogP contribution in [0.4, 0.5) is 5.69 Å². The third-order valence-corrected chi connectivity index (χ3v) is 5.11. The summed E-state index contributed by atoms with van der Waals surface area (Å²) in [5, 5.41) is 28.2. The van der Waals surface area contributed by atoms with Gasteiger partial charge in [0, 0.05) is 17.7 Å². The van der Waals surface area contributed by atoms with Crippen molar-refractivity contribution in [1.29, 1.82) is 5.26 Å². The molecule has 0 aliphatic carbocycles. The quantitative estimate of drug-likeness (QED) is 0.442. The van der Waals surface area contributed by atoms with Crippen LogP contribution in [-0.2, 0) is 0 Å². The van der Waals surface area contributed by atoms with Gasteiger partial charge in [0.05, 0.1) is 35.8 Å². The average Bonchev–Trinajstić information content (AvgIpc) is 3.21. The van der Waals surface area contributed by atoms with Gasteiger partial charge in [0.25, 0.3) is 5.69 Å². The molecule has 0 saturated carbocycles. The van der Waals surface area contributed by atoms with Crippen molar-refractivity contribution in [2.24, 2.45) is 5.73 Å². The molecule has 32 heavy (non-hydrogen) atoms. The molecule has 0 saturated heterocycles. The molecular formula is C22H19N5O5. The fourth-order valence-corrected chi connectivity index (χ4v) is 3.71. The van der Waals surface area contributed by atoms with Gasteiger partial charge in [-0.15, -0.1) is 5.10 Å². The van der Waals surface area contributed by atoms with Crippen molar-refractivity contribution in [2.75, 3.05) is 13.7 Å². The van der Waals surface area contributed by atoms with Crippen molar-refractivity contribution in [2.45, 2.75) is 12.8 Å². The lowest BCUT2D eigenvalue weighted by Gasteiger charge is -2.24. The summed E-state index contributed by atoms with van der Waals surface area (Å²) in [7, 11) is 1.54. The number of H-pyrrole nitrogens is 1. The first-order valence-corrected chi connectivity index (χ1v) is 9.69. The van der Waals surface area contributed by atoms with E-state index in [9.17, 15) is 15.4 Å². The minimum atomic E-state index is -0.637. The normalized spacial score (nSPS) is 14.8. The van der Waals surface area contributed by atoms with Gasteiger partial charge in [-0.3, -0.25) is 15.2 Å². The Labute approximate surface area is 183 Å². The number of hydrogen-bond acceptors (Lipinski definition) is 8. The molecular weight excluding hydrogens is 414 g/mol. The Morgan fingerprint density at radius 1 is 1.31 bits per heavy atom. The highest BCUT2D eigenvalue weighted by Crippen LogP contribution is 2.47. The number of allylic oxidation sites excluding steroid dienone is 1. The van der Waals surface area contributed by atoms with Crippen molar-refractivity contribution in [3.8, 4) is 34.7 Å². The lowest BCUT2D eigenvalue weighted by Crippen LogP contribution is -2.21. The van der Waals surface area contributed by atoms with Gasteiger partial charge in [0.2, 0.25) is 11.8 Å².